The highest BCUT2D eigenvalue weighted by atomic mass is 16.5. The van der Waals surface area contributed by atoms with E-state index < -0.39 is 0 Å². The van der Waals surface area contributed by atoms with Crippen LogP contribution in [0.15, 0.2) is 0 Å². The second-order valence-electron chi connectivity index (χ2n) is 11.4. The number of fused-ring (bicyclic) bond motifs is 5. The van der Waals surface area contributed by atoms with Crippen molar-refractivity contribution in [2.75, 3.05) is 0 Å². The lowest BCUT2D eigenvalue weighted by Gasteiger charge is -2.60. The summed E-state index contributed by atoms with van der Waals surface area (Å²) in [7, 11) is 0. The quantitative estimate of drug-likeness (QED) is 0.559. The van der Waals surface area contributed by atoms with Crippen molar-refractivity contribution < 1.29 is 14.3 Å². The minimum Gasteiger partial charge on any atom is -0.462 e. The van der Waals surface area contributed by atoms with Gasteiger partial charge in [-0.2, -0.15) is 0 Å². The van der Waals surface area contributed by atoms with E-state index in [1.165, 1.54) is 25.7 Å². The Morgan fingerprint density at radius 2 is 1.86 bits per heavy atom. The normalized spacial score (nSPS) is 45.3. The van der Waals surface area contributed by atoms with Crippen molar-refractivity contribution in [2.45, 2.75) is 104 Å². The van der Waals surface area contributed by atoms with Gasteiger partial charge in [-0.15, -0.1) is 0 Å². The first kappa shape index (κ1) is 20.4. The van der Waals surface area contributed by atoms with Crippen molar-refractivity contribution in [1.29, 1.82) is 0 Å². The van der Waals surface area contributed by atoms with Crippen LogP contribution in [0.5, 0.6) is 0 Å². The SMILES string of the molecule is CC(C)CCC(=O)O[C@@H]1CC[C@@]2(C)[C@@H](CC[C@H]3[C@H]4CCC(=O)[C@@]4(C)CC[C@@H]32)C1. The smallest absolute Gasteiger partial charge is 0.306 e. The van der Waals surface area contributed by atoms with Crippen LogP contribution in [0.4, 0.5) is 0 Å². The van der Waals surface area contributed by atoms with E-state index in [1.54, 1.807) is 0 Å². The topological polar surface area (TPSA) is 43.4 Å². The molecule has 4 saturated carbocycles. The molecule has 0 saturated heterocycles. The zero-order chi connectivity index (χ0) is 20.1. The van der Waals surface area contributed by atoms with Crippen LogP contribution in [0, 0.1) is 40.4 Å². The van der Waals surface area contributed by atoms with E-state index in [4.69, 9.17) is 4.74 Å². The minimum absolute atomic E-state index is 0.00823. The molecule has 0 bridgehead atoms. The van der Waals surface area contributed by atoms with Crippen LogP contribution in [0.25, 0.3) is 0 Å². The van der Waals surface area contributed by atoms with Crippen LogP contribution in [0.1, 0.15) is 98.3 Å². The van der Waals surface area contributed by atoms with E-state index >= 15 is 0 Å². The maximum Gasteiger partial charge on any atom is 0.306 e. The van der Waals surface area contributed by atoms with Crippen LogP contribution >= 0.6 is 0 Å². The molecule has 158 valence electrons. The molecule has 0 N–H and O–H groups in total. The lowest BCUT2D eigenvalue weighted by atomic mass is 9.45. The fraction of sp³-hybridized carbons (Fsp3) is 0.920. The van der Waals surface area contributed by atoms with Gasteiger partial charge in [0.1, 0.15) is 11.9 Å². The molecule has 0 aromatic carbocycles. The van der Waals surface area contributed by atoms with Crippen molar-refractivity contribution in [3.8, 4) is 0 Å². The molecule has 28 heavy (non-hydrogen) atoms. The number of hydrogen-bond acceptors (Lipinski definition) is 3. The molecule has 4 aliphatic rings. The van der Waals surface area contributed by atoms with Gasteiger partial charge in [-0.05, 0) is 92.8 Å². The molecule has 0 unspecified atom stereocenters. The number of hydrogen-bond donors (Lipinski definition) is 0. The van der Waals surface area contributed by atoms with Gasteiger partial charge in [0.2, 0.25) is 0 Å². The summed E-state index contributed by atoms with van der Waals surface area (Å²) in [6.45, 7) is 9.12. The summed E-state index contributed by atoms with van der Waals surface area (Å²) in [5.74, 6) is 3.94. The maximum atomic E-state index is 12.6. The molecular weight excluding hydrogens is 348 g/mol. The van der Waals surface area contributed by atoms with E-state index in [2.05, 4.69) is 27.7 Å². The van der Waals surface area contributed by atoms with Crippen molar-refractivity contribution >= 4 is 11.8 Å². The van der Waals surface area contributed by atoms with Gasteiger partial charge in [0, 0.05) is 18.3 Å². The largest absolute Gasteiger partial charge is 0.462 e. The molecule has 0 spiro atoms. The van der Waals surface area contributed by atoms with Crippen LogP contribution in [-0.4, -0.2) is 17.9 Å². The summed E-state index contributed by atoms with van der Waals surface area (Å²) in [5, 5.41) is 0. The zero-order valence-corrected chi connectivity index (χ0v) is 18.5. The molecular formula is C25H40O3. The van der Waals surface area contributed by atoms with Crippen molar-refractivity contribution in [3.63, 3.8) is 0 Å². The van der Waals surface area contributed by atoms with Crippen LogP contribution in [0.2, 0.25) is 0 Å². The van der Waals surface area contributed by atoms with Gasteiger partial charge in [-0.25, -0.2) is 0 Å². The number of carbonyl (C=O) groups is 2. The number of rotatable bonds is 4. The molecule has 3 nitrogen and oxygen atoms in total. The fourth-order valence-corrected chi connectivity index (χ4v) is 7.75. The van der Waals surface area contributed by atoms with E-state index in [0.717, 1.165) is 50.4 Å². The molecule has 4 rings (SSSR count). The predicted molar refractivity (Wildman–Crippen MR) is 111 cm³/mol. The highest BCUT2D eigenvalue weighted by Crippen LogP contribution is 2.65. The molecule has 0 aliphatic heterocycles. The Morgan fingerprint density at radius 3 is 2.61 bits per heavy atom. The average molecular weight is 389 g/mol. The fourth-order valence-electron chi connectivity index (χ4n) is 7.75. The lowest BCUT2D eigenvalue weighted by Crippen LogP contribution is -2.54. The number of esters is 1. The van der Waals surface area contributed by atoms with E-state index in [9.17, 15) is 9.59 Å². The first-order chi connectivity index (χ1) is 13.2. The summed E-state index contributed by atoms with van der Waals surface area (Å²) in [5.41, 5.74) is 0.365. The second kappa shape index (κ2) is 7.43. The standard InChI is InChI=1S/C25H40O3/c1-16(2)5-10-23(27)28-18-11-13-24(3)17(15-18)6-7-19-20-8-9-22(26)25(20,4)14-12-21(19)24/h16-21H,5-15H2,1-4H3/t17-,18+,19-,20+,21-,24-,25-/m0/s1. The number of ether oxygens (including phenoxy) is 1. The van der Waals surface area contributed by atoms with Gasteiger partial charge in [-0.3, -0.25) is 9.59 Å². The Hall–Kier alpha value is -0.860. The molecule has 0 radical (unpaired) electrons. The summed E-state index contributed by atoms with van der Waals surface area (Å²) < 4.78 is 5.89. The first-order valence-corrected chi connectivity index (χ1v) is 12.0. The third-order valence-corrected chi connectivity index (χ3v) is 9.55. The molecule has 0 amide bonds. The maximum absolute atomic E-state index is 12.6. The highest BCUT2D eigenvalue weighted by Gasteiger charge is 2.60. The van der Waals surface area contributed by atoms with Crippen molar-refractivity contribution in [3.05, 3.63) is 0 Å². The third-order valence-electron chi connectivity index (χ3n) is 9.55. The van der Waals surface area contributed by atoms with Gasteiger partial charge < -0.3 is 4.74 Å². The monoisotopic (exact) mass is 388 g/mol. The molecule has 7 atom stereocenters. The minimum atomic E-state index is -0.0203. The number of carbonyl (C=O) groups excluding carboxylic acids is 2. The van der Waals surface area contributed by atoms with E-state index in [0.29, 0.717) is 35.4 Å². The number of ketones is 1. The third kappa shape index (κ3) is 3.35. The van der Waals surface area contributed by atoms with E-state index in [-0.39, 0.29) is 17.5 Å². The average Bonchev–Trinajstić information content (AvgIpc) is 2.95. The van der Waals surface area contributed by atoms with Crippen LogP contribution in [-0.2, 0) is 14.3 Å². The van der Waals surface area contributed by atoms with Gasteiger partial charge in [0.15, 0.2) is 0 Å². The molecule has 4 aliphatic carbocycles. The summed E-state index contributed by atoms with van der Waals surface area (Å²) in [6.07, 6.45) is 11.7. The van der Waals surface area contributed by atoms with Gasteiger partial charge in [-0.1, -0.05) is 27.7 Å². The molecule has 0 aromatic rings. The van der Waals surface area contributed by atoms with Crippen molar-refractivity contribution in [1.82, 2.24) is 0 Å². The second-order valence-corrected chi connectivity index (χ2v) is 11.4. The van der Waals surface area contributed by atoms with E-state index in [1.807, 2.05) is 0 Å². The molecule has 0 heterocycles. The Kier molecular flexibility index (Phi) is 5.42. The van der Waals surface area contributed by atoms with Gasteiger partial charge in [0.05, 0.1) is 0 Å². The molecule has 4 fully saturated rings. The van der Waals surface area contributed by atoms with Crippen molar-refractivity contribution in [2.24, 2.45) is 40.4 Å². The predicted octanol–water partition coefficient (Wildman–Crippen LogP) is 5.95. The summed E-state index contributed by atoms with van der Waals surface area (Å²) >= 11 is 0. The zero-order valence-electron chi connectivity index (χ0n) is 18.5. The number of Topliss-reactive ketones (excluding diaryl/α,β-unsaturated/α-hetero) is 1. The van der Waals surface area contributed by atoms with Gasteiger partial charge >= 0.3 is 5.97 Å². The molecule has 3 heteroatoms. The lowest BCUT2D eigenvalue weighted by molar-refractivity contribution is -0.162. The molecule has 0 aromatic heterocycles. The Balaban J connectivity index is 1.41. The Morgan fingerprint density at radius 1 is 1.07 bits per heavy atom. The highest BCUT2D eigenvalue weighted by molar-refractivity contribution is 5.87. The first-order valence-electron chi connectivity index (χ1n) is 12.0. The summed E-state index contributed by atoms with van der Waals surface area (Å²) in [6, 6.07) is 0. The Bertz CT molecular complexity index is 625. The van der Waals surface area contributed by atoms with Crippen LogP contribution < -0.4 is 0 Å². The van der Waals surface area contributed by atoms with Gasteiger partial charge in [0.25, 0.3) is 0 Å². The van der Waals surface area contributed by atoms with Crippen LogP contribution in [0.3, 0.4) is 0 Å². The summed E-state index contributed by atoms with van der Waals surface area (Å²) in [4.78, 5) is 24.8. The Labute approximate surface area is 171 Å².